The van der Waals surface area contributed by atoms with Crippen molar-refractivity contribution in [1.82, 2.24) is 15.2 Å². The first-order valence-electron chi connectivity index (χ1n) is 9.42. The minimum absolute atomic E-state index is 0.0987. The number of amides is 2. The summed E-state index contributed by atoms with van der Waals surface area (Å²) in [4.78, 5) is 30.1. The second kappa shape index (κ2) is 6.90. The number of aromatic amines is 1. The summed E-state index contributed by atoms with van der Waals surface area (Å²) in [6.07, 6.45) is 7.15. The molecule has 2 N–H and O–H groups in total. The average molecular weight is 339 g/mol. The number of benzene rings is 1. The first-order valence-corrected chi connectivity index (χ1v) is 9.42. The standard InChI is InChI=1S/C20H25N3O2/c24-18(23-12-3-4-13-23)10-11-21-20(25)16-8-5-7-15-14-6-1-2-9-17(14)22-19(15)16/h5,7-8,22H,1-4,6,9-13H2,(H,21,25). The van der Waals surface area contributed by atoms with Crippen LogP contribution in [0.2, 0.25) is 0 Å². The fourth-order valence-electron chi connectivity index (χ4n) is 4.12. The molecule has 0 radical (unpaired) electrons. The number of rotatable bonds is 4. The molecule has 0 atom stereocenters. The number of hydrogen-bond donors (Lipinski definition) is 2. The molecule has 1 aliphatic heterocycles. The fourth-order valence-corrected chi connectivity index (χ4v) is 4.12. The second-order valence-corrected chi connectivity index (χ2v) is 7.11. The van der Waals surface area contributed by atoms with Crippen LogP contribution < -0.4 is 5.32 Å². The third-order valence-electron chi connectivity index (χ3n) is 5.46. The molecule has 0 unspecified atom stereocenters. The molecule has 2 aliphatic rings. The SMILES string of the molecule is O=C(NCCC(=O)N1CCCC1)c1cccc2c3c([nH]c12)CCCC3. The molecular formula is C20H25N3O2. The Morgan fingerprint density at radius 2 is 1.88 bits per heavy atom. The average Bonchev–Trinajstić information content (AvgIpc) is 3.29. The highest BCUT2D eigenvalue weighted by molar-refractivity contribution is 6.06. The van der Waals surface area contributed by atoms with E-state index < -0.39 is 0 Å². The van der Waals surface area contributed by atoms with E-state index >= 15 is 0 Å². The number of hydrogen-bond acceptors (Lipinski definition) is 2. The molecule has 0 spiro atoms. The van der Waals surface area contributed by atoms with Crippen LogP contribution >= 0.6 is 0 Å². The number of aromatic nitrogens is 1. The maximum absolute atomic E-state index is 12.6. The van der Waals surface area contributed by atoms with Crippen LogP contribution in [0.15, 0.2) is 18.2 Å². The van der Waals surface area contributed by atoms with E-state index in [1.165, 1.54) is 29.5 Å². The molecule has 1 fully saturated rings. The summed E-state index contributed by atoms with van der Waals surface area (Å²) in [5.74, 6) is 0.0461. The number of fused-ring (bicyclic) bond motifs is 3. The first-order chi connectivity index (χ1) is 12.2. The van der Waals surface area contributed by atoms with Gasteiger partial charge in [-0.1, -0.05) is 12.1 Å². The normalized spacial score (nSPS) is 16.9. The lowest BCUT2D eigenvalue weighted by Gasteiger charge is -2.15. The molecular weight excluding hydrogens is 314 g/mol. The number of carbonyl (C=O) groups is 2. The molecule has 2 heterocycles. The quantitative estimate of drug-likeness (QED) is 0.899. The van der Waals surface area contributed by atoms with Gasteiger partial charge in [-0.15, -0.1) is 0 Å². The lowest BCUT2D eigenvalue weighted by molar-refractivity contribution is -0.129. The maximum atomic E-state index is 12.6. The topological polar surface area (TPSA) is 65.2 Å². The Morgan fingerprint density at radius 1 is 1.08 bits per heavy atom. The lowest BCUT2D eigenvalue weighted by Crippen LogP contribution is -2.32. The summed E-state index contributed by atoms with van der Waals surface area (Å²) >= 11 is 0. The van der Waals surface area contributed by atoms with E-state index in [1.54, 1.807) is 0 Å². The minimum atomic E-state index is -0.0987. The molecule has 1 saturated heterocycles. The zero-order valence-electron chi connectivity index (χ0n) is 14.6. The maximum Gasteiger partial charge on any atom is 0.253 e. The Bertz CT molecular complexity index is 803. The van der Waals surface area contributed by atoms with Crippen LogP contribution in [-0.4, -0.2) is 41.3 Å². The molecule has 2 aromatic rings. The number of H-pyrrole nitrogens is 1. The molecule has 1 aliphatic carbocycles. The Kier molecular flexibility index (Phi) is 4.47. The summed E-state index contributed by atoms with van der Waals surface area (Å²) in [5, 5.41) is 4.10. The summed E-state index contributed by atoms with van der Waals surface area (Å²) in [7, 11) is 0. The van der Waals surface area contributed by atoms with E-state index in [1.807, 2.05) is 17.0 Å². The van der Waals surface area contributed by atoms with Crippen LogP contribution in [0.3, 0.4) is 0 Å². The summed E-state index contributed by atoms with van der Waals surface area (Å²) < 4.78 is 0. The Labute approximate surface area is 147 Å². The van der Waals surface area contributed by atoms with Crippen molar-refractivity contribution in [1.29, 1.82) is 0 Å². The van der Waals surface area contributed by atoms with Gasteiger partial charge in [-0.25, -0.2) is 0 Å². The molecule has 5 nitrogen and oxygen atoms in total. The van der Waals surface area contributed by atoms with E-state index in [9.17, 15) is 9.59 Å². The van der Waals surface area contributed by atoms with Gasteiger partial charge in [0.05, 0.1) is 11.1 Å². The monoisotopic (exact) mass is 339 g/mol. The van der Waals surface area contributed by atoms with E-state index in [-0.39, 0.29) is 11.8 Å². The van der Waals surface area contributed by atoms with Gasteiger partial charge < -0.3 is 15.2 Å². The first kappa shape index (κ1) is 16.2. The van der Waals surface area contributed by atoms with Crippen molar-refractivity contribution < 1.29 is 9.59 Å². The van der Waals surface area contributed by atoms with Crippen molar-refractivity contribution in [2.75, 3.05) is 19.6 Å². The molecule has 0 bridgehead atoms. The number of aryl methyl sites for hydroxylation is 2. The molecule has 1 aromatic heterocycles. The predicted molar refractivity (Wildman–Crippen MR) is 97.7 cm³/mol. The number of para-hydroxylation sites is 1. The molecule has 132 valence electrons. The van der Waals surface area contributed by atoms with Crippen molar-refractivity contribution in [2.24, 2.45) is 0 Å². The Balaban J connectivity index is 1.45. The van der Waals surface area contributed by atoms with Crippen molar-refractivity contribution in [3.8, 4) is 0 Å². The smallest absolute Gasteiger partial charge is 0.253 e. The lowest BCUT2D eigenvalue weighted by atomic mass is 9.95. The van der Waals surface area contributed by atoms with Crippen molar-refractivity contribution >= 4 is 22.7 Å². The summed E-state index contributed by atoms with van der Waals surface area (Å²) in [6, 6.07) is 5.92. The molecule has 2 amide bonds. The molecule has 0 saturated carbocycles. The zero-order valence-corrected chi connectivity index (χ0v) is 14.6. The third kappa shape index (κ3) is 3.15. The van der Waals surface area contributed by atoms with Gasteiger partial charge in [0.15, 0.2) is 0 Å². The number of nitrogens with one attached hydrogen (secondary N) is 2. The molecule has 1 aromatic carbocycles. The number of carbonyl (C=O) groups excluding carboxylic acids is 2. The van der Waals surface area contributed by atoms with Gasteiger partial charge in [0.25, 0.3) is 5.91 Å². The largest absolute Gasteiger partial charge is 0.358 e. The van der Waals surface area contributed by atoms with Gasteiger partial charge in [0.1, 0.15) is 0 Å². The van der Waals surface area contributed by atoms with Crippen LogP contribution in [0.5, 0.6) is 0 Å². The summed E-state index contributed by atoms with van der Waals surface area (Å²) in [5.41, 5.74) is 4.28. The number of likely N-dealkylation sites (tertiary alicyclic amines) is 1. The second-order valence-electron chi connectivity index (χ2n) is 7.11. The Hall–Kier alpha value is -2.30. The minimum Gasteiger partial charge on any atom is -0.358 e. The van der Waals surface area contributed by atoms with Gasteiger partial charge in [0.2, 0.25) is 5.91 Å². The van der Waals surface area contributed by atoms with Gasteiger partial charge >= 0.3 is 0 Å². The van der Waals surface area contributed by atoms with E-state index in [0.717, 1.165) is 44.3 Å². The van der Waals surface area contributed by atoms with Crippen molar-refractivity contribution in [3.05, 3.63) is 35.0 Å². The summed E-state index contributed by atoms with van der Waals surface area (Å²) in [6.45, 7) is 2.12. The highest BCUT2D eigenvalue weighted by Gasteiger charge is 2.20. The van der Waals surface area contributed by atoms with Gasteiger partial charge in [-0.3, -0.25) is 9.59 Å². The van der Waals surface area contributed by atoms with Gasteiger partial charge in [-0.2, -0.15) is 0 Å². The Morgan fingerprint density at radius 3 is 2.72 bits per heavy atom. The van der Waals surface area contributed by atoms with Crippen molar-refractivity contribution in [2.45, 2.75) is 44.9 Å². The van der Waals surface area contributed by atoms with Gasteiger partial charge in [0, 0.05) is 37.1 Å². The zero-order chi connectivity index (χ0) is 17.2. The predicted octanol–water partition coefficient (Wildman–Crippen LogP) is 2.79. The van der Waals surface area contributed by atoms with Crippen LogP contribution in [-0.2, 0) is 17.6 Å². The van der Waals surface area contributed by atoms with Crippen LogP contribution in [0.25, 0.3) is 10.9 Å². The third-order valence-corrected chi connectivity index (χ3v) is 5.46. The molecule has 4 rings (SSSR count). The van der Waals surface area contributed by atoms with Crippen molar-refractivity contribution in [3.63, 3.8) is 0 Å². The van der Waals surface area contributed by atoms with Crippen LogP contribution in [0.4, 0.5) is 0 Å². The van der Waals surface area contributed by atoms with Crippen LogP contribution in [0.1, 0.15) is 53.7 Å². The highest BCUT2D eigenvalue weighted by atomic mass is 16.2. The van der Waals surface area contributed by atoms with E-state index in [2.05, 4.69) is 16.4 Å². The van der Waals surface area contributed by atoms with E-state index in [0.29, 0.717) is 18.5 Å². The van der Waals surface area contributed by atoms with Crippen LogP contribution in [0, 0.1) is 0 Å². The molecule has 25 heavy (non-hydrogen) atoms. The number of nitrogens with zero attached hydrogens (tertiary/aromatic N) is 1. The van der Waals surface area contributed by atoms with Gasteiger partial charge in [-0.05, 0) is 50.2 Å². The van der Waals surface area contributed by atoms with E-state index in [4.69, 9.17) is 0 Å². The fraction of sp³-hybridized carbons (Fsp3) is 0.500. The highest BCUT2D eigenvalue weighted by Crippen LogP contribution is 2.30. The molecule has 5 heteroatoms.